The highest BCUT2D eigenvalue weighted by molar-refractivity contribution is 5.92. The molecule has 0 saturated carbocycles. The number of nitrogens with zero attached hydrogens (tertiary/aromatic N) is 5. The third kappa shape index (κ3) is 4.05. The lowest BCUT2D eigenvalue weighted by Gasteiger charge is -2.34. The molecule has 0 aliphatic carbocycles. The lowest BCUT2D eigenvalue weighted by molar-refractivity contribution is 0.0945. The molecular weight excluding hydrogens is 304 g/mol. The molecule has 0 unspecified atom stereocenters. The van der Waals surface area contributed by atoms with Gasteiger partial charge >= 0.3 is 0 Å². The summed E-state index contributed by atoms with van der Waals surface area (Å²) in [5.74, 6) is 0.623. The maximum absolute atomic E-state index is 12.3. The Morgan fingerprint density at radius 2 is 1.92 bits per heavy atom. The third-order valence-corrected chi connectivity index (χ3v) is 4.23. The molecule has 0 atom stereocenters. The maximum Gasteiger partial charge on any atom is 0.270 e. The van der Waals surface area contributed by atoms with E-state index in [0.29, 0.717) is 12.2 Å². The van der Waals surface area contributed by atoms with E-state index < -0.39 is 0 Å². The van der Waals surface area contributed by atoms with E-state index in [-0.39, 0.29) is 5.91 Å². The van der Waals surface area contributed by atoms with Gasteiger partial charge in [0.2, 0.25) is 0 Å². The number of hydrogen-bond donors (Lipinski definition) is 1. The molecule has 1 aliphatic rings. The fraction of sp³-hybridized carbons (Fsp3) is 0.412. The lowest BCUT2D eigenvalue weighted by Crippen LogP contribution is -2.46. The molecule has 0 spiro atoms. The highest BCUT2D eigenvalue weighted by Crippen LogP contribution is 2.14. The summed E-state index contributed by atoms with van der Waals surface area (Å²) in [6, 6.07) is 5.52. The van der Waals surface area contributed by atoms with E-state index in [4.69, 9.17) is 0 Å². The number of nitrogens with one attached hydrogen (secondary N) is 1. The van der Waals surface area contributed by atoms with Crippen molar-refractivity contribution >= 4 is 11.7 Å². The predicted octanol–water partition coefficient (Wildman–Crippen LogP) is 0.943. The molecule has 1 saturated heterocycles. The van der Waals surface area contributed by atoms with Crippen LogP contribution >= 0.6 is 0 Å². The van der Waals surface area contributed by atoms with Crippen molar-refractivity contribution in [1.29, 1.82) is 0 Å². The Labute approximate surface area is 141 Å². The Morgan fingerprint density at radius 3 is 2.62 bits per heavy atom. The zero-order valence-electron chi connectivity index (χ0n) is 13.9. The van der Waals surface area contributed by atoms with Crippen LogP contribution in [0.2, 0.25) is 0 Å². The smallest absolute Gasteiger partial charge is 0.270 e. The van der Waals surface area contributed by atoms with Crippen LogP contribution < -0.4 is 10.2 Å². The second kappa shape index (κ2) is 7.83. The number of carbonyl (C=O) groups excluding carboxylic acids is 1. The summed E-state index contributed by atoms with van der Waals surface area (Å²) >= 11 is 0. The summed E-state index contributed by atoms with van der Waals surface area (Å²) in [5, 5.41) is 2.88. The first-order chi connectivity index (χ1) is 11.8. The van der Waals surface area contributed by atoms with Gasteiger partial charge in [0, 0.05) is 51.2 Å². The molecule has 1 N–H and O–H groups in total. The minimum atomic E-state index is -0.192. The van der Waals surface area contributed by atoms with Gasteiger partial charge in [-0.15, -0.1) is 0 Å². The van der Waals surface area contributed by atoms with E-state index in [1.165, 1.54) is 6.33 Å². The largest absolute Gasteiger partial charge is 0.354 e. The molecule has 1 amide bonds. The van der Waals surface area contributed by atoms with Crippen molar-refractivity contribution < 1.29 is 4.79 Å². The average Bonchev–Trinajstić information content (AvgIpc) is 2.67. The van der Waals surface area contributed by atoms with Gasteiger partial charge in [-0.25, -0.2) is 9.97 Å². The number of carbonyl (C=O) groups is 1. The van der Waals surface area contributed by atoms with Crippen molar-refractivity contribution in [3.63, 3.8) is 0 Å². The predicted molar refractivity (Wildman–Crippen MR) is 91.8 cm³/mol. The lowest BCUT2D eigenvalue weighted by atomic mass is 10.2. The minimum Gasteiger partial charge on any atom is -0.354 e. The molecule has 7 nitrogen and oxygen atoms in total. The second-order valence-corrected chi connectivity index (χ2v) is 5.72. The molecule has 1 fully saturated rings. The van der Waals surface area contributed by atoms with Crippen LogP contribution in [0, 0.1) is 0 Å². The van der Waals surface area contributed by atoms with Gasteiger partial charge in [0.15, 0.2) is 0 Å². The van der Waals surface area contributed by atoms with E-state index in [0.717, 1.165) is 44.1 Å². The van der Waals surface area contributed by atoms with E-state index in [2.05, 4.69) is 37.0 Å². The molecule has 0 radical (unpaired) electrons. The fourth-order valence-corrected chi connectivity index (χ4v) is 2.71. The number of rotatable bonds is 5. The topological polar surface area (TPSA) is 74.2 Å². The Hall–Kier alpha value is -2.54. The molecule has 0 bridgehead atoms. The highest BCUT2D eigenvalue weighted by atomic mass is 16.1. The highest BCUT2D eigenvalue weighted by Gasteiger charge is 2.18. The van der Waals surface area contributed by atoms with Crippen molar-refractivity contribution in [3.8, 4) is 0 Å². The van der Waals surface area contributed by atoms with Gasteiger partial charge in [0.25, 0.3) is 5.91 Å². The van der Waals surface area contributed by atoms with Gasteiger partial charge in [-0.2, -0.15) is 0 Å². The van der Waals surface area contributed by atoms with Crippen LogP contribution in [0.3, 0.4) is 0 Å². The van der Waals surface area contributed by atoms with Gasteiger partial charge < -0.3 is 15.1 Å². The number of likely N-dealkylation sites (N-methyl/N-ethyl adjacent to an activating group) is 1. The van der Waals surface area contributed by atoms with Crippen LogP contribution in [0.15, 0.2) is 36.9 Å². The summed E-state index contributed by atoms with van der Waals surface area (Å²) in [5.41, 5.74) is 1.40. The Balaban J connectivity index is 1.61. The SMILES string of the molecule is CCN1CCN(c2cc(C(=O)NCc3ccncc3)ncn2)CC1. The zero-order valence-corrected chi connectivity index (χ0v) is 13.9. The summed E-state index contributed by atoms with van der Waals surface area (Å²) in [4.78, 5) is 29.3. The van der Waals surface area contributed by atoms with Gasteiger partial charge in [0.1, 0.15) is 17.8 Å². The molecule has 2 aromatic heterocycles. The van der Waals surface area contributed by atoms with Gasteiger partial charge in [-0.05, 0) is 24.2 Å². The first-order valence-corrected chi connectivity index (χ1v) is 8.22. The van der Waals surface area contributed by atoms with Crippen molar-refractivity contribution in [3.05, 3.63) is 48.2 Å². The molecule has 1 aliphatic heterocycles. The maximum atomic E-state index is 12.3. The second-order valence-electron chi connectivity index (χ2n) is 5.72. The van der Waals surface area contributed by atoms with E-state index >= 15 is 0 Å². The Kier molecular flexibility index (Phi) is 5.32. The number of aromatic nitrogens is 3. The Morgan fingerprint density at radius 1 is 1.17 bits per heavy atom. The van der Waals surface area contributed by atoms with Crippen LogP contribution in [0.1, 0.15) is 23.0 Å². The van der Waals surface area contributed by atoms with Crippen molar-refractivity contribution in [1.82, 2.24) is 25.2 Å². The first kappa shape index (κ1) is 16.3. The molecule has 7 heteroatoms. The van der Waals surface area contributed by atoms with Gasteiger partial charge in [-0.1, -0.05) is 6.92 Å². The molecule has 126 valence electrons. The fourth-order valence-electron chi connectivity index (χ4n) is 2.71. The van der Waals surface area contributed by atoms with Gasteiger partial charge in [-0.3, -0.25) is 9.78 Å². The van der Waals surface area contributed by atoms with Crippen LogP contribution in [-0.4, -0.2) is 58.5 Å². The average molecular weight is 326 g/mol. The monoisotopic (exact) mass is 326 g/mol. The molecule has 0 aromatic carbocycles. The number of amides is 1. The van der Waals surface area contributed by atoms with Gasteiger partial charge in [0.05, 0.1) is 0 Å². The van der Waals surface area contributed by atoms with E-state index in [1.54, 1.807) is 18.5 Å². The Bertz CT molecular complexity index is 670. The van der Waals surface area contributed by atoms with Crippen molar-refractivity contribution in [2.45, 2.75) is 13.5 Å². The summed E-state index contributed by atoms with van der Waals surface area (Å²) in [6.07, 6.45) is 4.88. The first-order valence-electron chi connectivity index (χ1n) is 8.22. The summed E-state index contributed by atoms with van der Waals surface area (Å²) in [7, 11) is 0. The van der Waals surface area contributed by atoms with Crippen LogP contribution in [-0.2, 0) is 6.54 Å². The number of pyridine rings is 1. The normalized spacial score (nSPS) is 15.3. The van der Waals surface area contributed by atoms with Crippen LogP contribution in [0.25, 0.3) is 0 Å². The molecule has 3 rings (SSSR count). The summed E-state index contributed by atoms with van der Waals surface area (Å²) < 4.78 is 0. The number of anilines is 1. The van der Waals surface area contributed by atoms with Crippen LogP contribution in [0.5, 0.6) is 0 Å². The molecule has 3 heterocycles. The molecule has 24 heavy (non-hydrogen) atoms. The van der Waals surface area contributed by atoms with Crippen LogP contribution in [0.4, 0.5) is 5.82 Å². The zero-order chi connectivity index (χ0) is 16.8. The summed E-state index contributed by atoms with van der Waals surface area (Å²) in [6.45, 7) is 7.57. The third-order valence-electron chi connectivity index (χ3n) is 4.23. The quantitative estimate of drug-likeness (QED) is 0.881. The minimum absolute atomic E-state index is 0.192. The molecular formula is C17H22N6O. The standard InChI is InChI=1S/C17H22N6O/c1-2-22-7-9-23(10-8-22)16-11-15(20-13-21-16)17(24)19-12-14-3-5-18-6-4-14/h3-6,11,13H,2,7-10,12H2,1H3,(H,19,24). The number of hydrogen-bond acceptors (Lipinski definition) is 6. The van der Waals surface area contributed by atoms with E-state index in [9.17, 15) is 4.79 Å². The van der Waals surface area contributed by atoms with Crippen molar-refractivity contribution in [2.75, 3.05) is 37.6 Å². The van der Waals surface area contributed by atoms with E-state index in [1.807, 2.05) is 12.1 Å². The molecule has 2 aromatic rings. The van der Waals surface area contributed by atoms with Crippen molar-refractivity contribution in [2.24, 2.45) is 0 Å². The number of piperazine rings is 1.